The number of rotatable bonds is 2. The summed E-state index contributed by atoms with van der Waals surface area (Å²) in [4.78, 5) is 10.8. The van der Waals surface area contributed by atoms with Crippen molar-refractivity contribution in [1.29, 1.82) is 0 Å². The van der Waals surface area contributed by atoms with Crippen molar-refractivity contribution in [3.8, 4) is 5.75 Å². The van der Waals surface area contributed by atoms with Gasteiger partial charge in [0, 0.05) is 11.0 Å². The Balaban J connectivity index is 0.000000980. The van der Waals surface area contributed by atoms with Crippen LogP contribution in [0.1, 0.15) is 18.4 Å². The van der Waals surface area contributed by atoms with Crippen LogP contribution in [0.5, 0.6) is 5.75 Å². The van der Waals surface area contributed by atoms with E-state index in [-0.39, 0.29) is 24.6 Å². The second kappa shape index (κ2) is 3.68. The van der Waals surface area contributed by atoms with Gasteiger partial charge in [-0.2, -0.15) is 0 Å². The molecule has 4 heteroatoms. The van der Waals surface area contributed by atoms with Crippen molar-refractivity contribution in [1.82, 2.24) is 0 Å². The van der Waals surface area contributed by atoms with Crippen molar-refractivity contribution >= 4 is 5.97 Å². The first kappa shape index (κ1) is 11.2. The molecule has 0 aliphatic heterocycles. The minimum Gasteiger partial charge on any atom is -0.549 e. The van der Waals surface area contributed by atoms with Crippen molar-refractivity contribution in [2.75, 3.05) is 0 Å². The van der Waals surface area contributed by atoms with Crippen LogP contribution in [0.25, 0.3) is 0 Å². The quantitative estimate of drug-likeness (QED) is 0.504. The number of hydrogen-bond donors (Lipinski definition) is 1. The minimum absolute atomic E-state index is 0. The van der Waals surface area contributed by atoms with Gasteiger partial charge in [0.1, 0.15) is 5.75 Å². The fraction of sp³-hybridized carbons (Fsp3) is 0.300. The molecule has 0 radical (unpaired) electrons. The van der Waals surface area contributed by atoms with Gasteiger partial charge in [-0.25, -0.2) is 0 Å². The molecular formula is C10H9LiO3. The Morgan fingerprint density at radius 2 is 1.93 bits per heavy atom. The summed E-state index contributed by atoms with van der Waals surface area (Å²) in [6.45, 7) is 0. The van der Waals surface area contributed by atoms with Crippen LogP contribution in [-0.2, 0) is 10.2 Å². The smallest absolute Gasteiger partial charge is 0.549 e. The topological polar surface area (TPSA) is 60.4 Å². The van der Waals surface area contributed by atoms with E-state index in [9.17, 15) is 15.0 Å². The van der Waals surface area contributed by atoms with Crippen LogP contribution < -0.4 is 24.0 Å². The van der Waals surface area contributed by atoms with Gasteiger partial charge in [-0.3, -0.25) is 0 Å². The minimum atomic E-state index is -1.09. The summed E-state index contributed by atoms with van der Waals surface area (Å²) in [5.74, 6) is -1.04. The third-order valence-electron chi connectivity index (χ3n) is 2.56. The summed E-state index contributed by atoms with van der Waals surface area (Å²) in [6.07, 6.45) is 1.12. The summed E-state index contributed by atoms with van der Waals surface area (Å²) in [5.41, 5.74) is -0.430. The summed E-state index contributed by atoms with van der Waals surface area (Å²) >= 11 is 0. The number of aliphatic carboxylic acids is 1. The van der Waals surface area contributed by atoms with Gasteiger partial charge in [-0.15, -0.1) is 0 Å². The molecule has 0 amide bonds. The Bertz CT molecular complexity index is 358. The molecule has 14 heavy (non-hydrogen) atoms. The fourth-order valence-electron chi connectivity index (χ4n) is 1.59. The molecule has 0 heterocycles. The SMILES string of the molecule is O=C([O-])C1(c2ccccc2O)CC1.[Li+]. The van der Waals surface area contributed by atoms with E-state index in [1.54, 1.807) is 18.2 Å². The van der Waals surface area contributed by atoms with E-state index in [4.69, 9.17) is 0 Å². The number of hydrogen-bond acceptors (Lipinski definition) is 3. The van der Waals surface area contributed by atoms with Gasteiger partial charge in [0.15, 0.2) is 0 Å². The van der Waals surface area contributed by atoms with E-state index in [2.05, 4.69) is 0 Å². The summed E-state index contributed by atoms with van der Waals surface area (Å²) in [6, 6.07) is 6.53. The van der Waals surface area contributed by atoms with Crippen LogP contribution in [0.2, 0.25) is 0 Å². The van der Waals surface area contributed by atoms with Gasteiger partial charge >= 0.3 is 18.9 Å². The molecular weight excluding hydrogens is 175 g/mol. The van der Waals surface area contributed by atoms with Crippen LogP contribution in [0.4, 0.5) is 0 Å². The third-order valence-corrected chi connectivity index (χ3v) is 2.56. The number of carbonyl (C=O) groups is 1. The summed E-state index contributed by atoms with van der Waals surface area (Å²) in [7, 11) is 0. The Kier molecular flexibility index (Phi) is 2.94. The van der Waals surface area contributed by atoms with Crippen molar-refractivity contribution in [2.45, 2.75) is 18.3 Å². The predicted octanol–water partition coefficient (Wildman–Crippen LogP) is -2.82. The molecule has 1 fully saturated rings. The van der Waals surface area contributed by atoms with E-state index in [1.807, 2.05) is 0 Å². The number of carbonyl (C=O) groups excluding carboxylic acids is 1. The van der Waals surface area contributed by atoms with Crippen LogP contribution in [0.3, 0.4) is 0 Å². The molecule has 1 aliphatic carbocycles. The average molecular weight is 184 g/mol. The molecule has 0 aromatic heterocycles. The van der Waals surface area contributed by atoms with Gasteiger partial charge in [-0.1, -0.05) is 18.2 Å². The molecule has 68 valence electrons. The summed E-state index contributed by atoms with van der Waals surface area (Å²) in [5, 5.41) is 20.3. The predicted molar refractivity (Wildman–Crippen MR) is 44.0 cm³/mol. The average Bonchev–Trinajstić information content (AvgIpc) is 2.85. The normalized spacial score (nSPS) is 16.9. The summed E-state index contributed by atoms with van der Waals surface area (Å²) < 4.78 is 0. The number of carboxylic acids is 1. The zero-order valence-corrected chi connectivity index (χ0v) is 7.99. The molecule has 0 spiro atoms. The van der Waals surface area contributed by atoms with Crippen LogP contribution >= 0.6 is 0 Å². The molecule has 1 N–H and O–H groups in total. The van der Waals surface area contributed by atoms with E-state index in [1.165, 1.54) is 6.07 Å². The zero-order valence-electron chi connectivity index (χ0n) is 7.99. The third kappa shape index (κ3) is 1.54. The number of phenolic OH excluding ortho intramolecular Hbond substituents is 1. The fourth-order valence-corrected chi connectivity index (χ4v) is 1.59. The first-order chi connectivity index (χ1) is 6.17. The van der Waals surface area contributed by atoms with Crippen molar-refractivity contribution in [3.63, 3.8) is 0 Å². The Hall–Kier alpha value is -0.913. The van der Waals surface area contributed by atoms with E-state index in [0.717, 1.165) is 0 Å². The van der Waals surface area contributed by atoms with E-state index in [0.29, 0.717) is 18.4 Å². The van der Waals surface area contributed by atoms with Gasteiger partial charge in [0.2, 0.25) is 0 Å². The molecule has 3 nitrogen and oxygen atoms in total. The van der Waals surface area contributed by atoms with E-state index < -0.39 is 11.4 Å². The first-order valence-electron chi connectivity index (χ1n) is 4.17. The van der Waals surface area contributed by atoms with Gasteiger partial charge in [0.05, 0.1) is 5.97 Å². The maximum atomic E-state index is 10.8. The number of aromatic hydroxyl groups is 1. The van der Waals surface area contributed by atoms with Crippen molar-refractivity contribution in [3.05, 3.63) is 29.8 Å². The Labute approximate surface area is 93.9 Å². The maximum absolute atomic E-state index is 10.8. The molecule has 1 saturated carbocycles. The number of benzene rings is 1. The van der Waals surface area contributed by atoms with E-state index >= 15 is 0 Å². The van der Waals surface area contributed by atoms with Crippen LogP contribution in [0.15, 0.2) is 24.3 Å². The molecule has 0 saturated heterocycles. The van der Waals surface area contributed by atoms with Gasteiger partial charge in [-0.05, 0) is 18.9 Å². The first-order valence-corrected chi connectivity index (χ1v) is 4.17. The monoisotopic (exact) mass is 184 g/mol. The van der Waals surface area contributed by atoms with Crippen molar-refractivity contribution < 1.29 is 33.9 Å². The largest absolute Gasteiger partial charge is 1.00 e. The molecule has 0 bridgehead atoms. The Morgan fingerprint density at radius 1 is 1.36 bits per heavy atom. The van der Waals surface area contributed by atoms with Gasteiger partial charge < -0.3 is 15.0 Å². The molecule has 1 aliphatic rings. The zero-order chi connectivity index (χ0) is 9.47. The van der Waals surface area contributed by atoms with Crippen LogP contribution in [-0.4, -0.2) is 11.1 Å². The molecule has 0 atom stereocenters. The number of carboxylic acid groups (broad SMARTS) is 1. The number of para-hydroxylation sites is 1. The molecule has 0 unspecified atom stereocenters. The molecule has 1 aromatic rings. The number of phenols is 1. The molecule has 2 rings (SSSR count). The standard InChI is InChI=1S/C10H10O3.Li/c11-8-4-2-1-3-7(8)10(5-6-10)9(12)13;/h1-4,11H,5-6H2,(H,12,13);/q;+1/p-1. The Morgan fingerprint density at radius 3 is 2.36 bits per heavy atom. The van der Waals surface area contributed by atoms with Crippen molar-refractivity contribution in [2.24, 2.45) is 0 Å². The second-order valence-corrected chi connectivity index (χ2v) is 3.39. The second-order valence-electron chi connectivity index (χ2n) is 3.39. The van der Waals surface area contributed by atoms with Crippen LogP contribution in [0, 0.1) is 0 Å². The van der Waals surface area contributed by atoms with Gasteiger partial charge in [0.25, 0.3) is 0 Å². The maximum Gasteiger partial charge on any atom is 1.00 e. The molecule has 1 aromatic carbocycles.